The minimum absolute atomic E-state index is 0.0246. The molecule has 2 aliphatic heterocycles. The van der Waals surface area contributed by atoms with Crippen molar-refractivity contribution in [1.82, 2.24) is 0 Å². The first-order valence-electron chi connectivity index (χ1n) is 5.69. The lowest BCUT2D eigenvalue weighted by Crippen LogP contribution is -2.61. The summed E-state index contributed by atoms with van der Waals surface area (Å²) >= 11 is 3.62. The van der Waals surface area contributed by atoms with Crippen LogP contribution in [0.3, 0.4) is 0 Å². The van der Waals surface area contributed by atoms with Crippen LogP contribution in [-0.4, -0.2) is 31.2 Å². The largest absolute Gasteiger partial charge is 0.379 e. The number of rotatable bonds is 0. The van der Waals surface area contributed by atoms with E-state index in [9.17, 15) is 4.79 Å². The summed E-state index contributed by atoms with van der Waals surface area (Å²) in [6, 6.07) is 0. The second-order valence-corrected chi connectivity index (χ2v) is 6.73. The maximum atomic E-state index is 12.7. The Balaban J connectivity index is 1.98. The molecule has 0 amide bonds. The van der Waals surface area contributed by atoms with Gasteiger partial charge in [0.25, 0.3) is 0 Å². The Morgan fingerprint density at radius 1 is 1.44 bits per heavy atom. The van der Waals surface area contributed by atoms with Gasteiger partial charge in [-0.1, -0.05) is 28.9 Å². The van der Waals surface area contributed by atoms with E-state index in [4.69, 9.17) is 9.47 Å². The van der Waals surface area contributed by atoms with Crippen molar-refractivity contribution in [3.05, 3.63) is 10.6 Å². The van der Waals surface area contributed by atoms with Crippen LogP contribution in [0.4, 0.5) is 0 Å². The molecule has 0 N–H and O–H groups in total. The van der Waals surface area contributed by atoms with Gasteiger partial charge in [0.15, 0.2) is 11.4 Å². The van der Waals surface area contributed by atoms with Gasteiger partial charge in [-0.05, 0) is 10.9 Å². The van der Waals surface area contributed by atoms with Gasteiger partial charge in [-0.2, -0.15) is 0 Å². The third-order valence-electron chi connectivity index (χ3n) is 5.01. The van der Waals surface area contributed by atoms with Crippen LogP contribution in [0.25, 0.3) is 0 Å². The number of ether oxygens (including phenoxy) is 2. The molecule has 0 radical (unpaired) electrons. The first kappa shape index (κ1) is 9.80. The Morgan fingerprint density at radius 3 is 2.88 bits per heavy atom. The molecule has 3 fully saturated rings. The number of carbonyl (C=O) groups is 1. The molecular weight excluding hydrogens is 272 g/mol. The van der Waals surface area contributed by atoms with Gasteiger partial charge in [0.2, 0.25) is 0 Å². The van der Waals surface area contributed by atoms with Crippen molar-refractivity contribution in [3.8, 4) is 0 Å². The normalized spacial score (nSPS) is 57.8. The average molecular weight is 285 g/mol. The fourth-order valence-electron chi connectivity index (χ4n) is 3.82. The minimum Gasteiger partial charge on any atom is -0.379 e. The van der Waals surface area contributed by atoms with Gasteiger partial charge < -0.3 is 9.47 Å². The summed E-state index contributed by atoms with van der Waals surface area (Å²) in [4.78, 5) is 12.7. The molecule has 2 spiro atoms. The highest BCUT2D eigenvalue weighted by atomic mass is 79.9. The van der Waals surface area contributed by atoms with Crippen molar-refractivity contribution >= 4 is 21.7 Å². The number of epoxide rings is 1. The third-order valence-corrected chi connectivity index (χ3v) is 5.79. The summed E-state index contributed by atoms with van der Waals surface area (Å²) in [5.41, 5.74) is -0.957. The predicted molar refractivity (Wildman–Crippen MR) is 60.2 cm³/mol. The molecule has 3 aliphatic carbocycles. The van der Waals surface area contributed by atoms with Crippen molar-refractivity contribution in [1.29, 1.82) is 0 Å². The first-order valence-corrected chi connectivity index (χ1v) is 6.48. The molecule has 0 aromatic heterocycles. The maximum Gasteiger partial charge on any atom is 0.180 e. The fourth-order valence-corrected chi connectivity index (χ4v) is 4.74. The minimum atomic E-state index is -0.499. The Hall–Kier alpha value is -0.190. The predicted octanol–water partition coefficient (Wildman–Crippen LogP) is 1.66. The van der Waals surface area contributed by atoms with Crippen LogP contribution in [0.1, 0.15) is 13.3 Å². The average Bonchev–Trinajstić information content (AvgIpc) is 2.94. The highest BCUT2D eigenvalue weighted by molar-refractivity contribution is 9.11. The van der Waals surface area contributed by atoms with E-state index in [-0.39, 0.29) is 17.1 Å². The monoisotopic (exact) mass is 284 g/mol. The van der Waals surface area contributed by atoms with Gasteiger partial charge >= 0.3 is 0 Å². The summed E-state index contributed by atoms with van der Waals surface area (Å²) in [5.74, 6) is 0.480. The number of hydrogen-bond donors (Lipinski definition) is 0. The van der Waals surface area contributed by atoms with E-state index in [1.807, 2.05) is 0 Å². The number of halogens is 1. The second-order valence-electron chi connectivity index (χ2n) is 5.82. The Kier molecular flexibility index (Phi) is 1.51. The molecule has 3 nitrogen and oxygen atoms in total. The third kappa shape index (κ3) is 0.783. The molecular formula is C12H13BrO3. The number of carbonyl (C=O) groups excluding carboxylic acids is 1. The smallest absolute Gasteiger partial charge is 0.180 e. The standard InChI is InChI=1S/C12H13BrO3/c1-10-2-7-8(13)3-11(10,5-15-4-10)9(14)12(7)6-16-12/h3,7H,2,4-6H2,1H3/t7-,10+,11-,12-/m0/s1. The maximum absolute atomic E-state index is 12.7. The summed E-state index contributed by atoms with van der Waals surface area (Å²) in [7, 11) is 0. The van der Waals surface area contributed by atoms with E-state index in [2.05, 4.69) is 28.9 Å². The van der Waals surface area contributed by atoms with Crippen molar-refractivity contribution in [2.24, 2.45) is 16.7 Å². The lowest BCUT2D eigenvalue weighted by Gasteiger charge is -2.52. The summed E-state index contributed by atoms with van der Waals surface area (Å²) in [6.07, 6.45) is 3.10. The highest BCUT2D eigenvalue weighted by Crippen LogP contribution is 2.67. The molecule has 2 heterocycles. The number of Topliss-reactive ketones (excluding diaryl/α,β-unsaturated/α-hetero) is 1. The molecule has 16 heavy (non-hydrogen) atoms. The zero-order chi connectivity index (χ0) is 11.2. The van der Waals surface area contributed by atoms with Crippen LogP contribution in [0, 0.1) is 16.7 Å². The molecule has 5 rings (SSSR count). The Morgan fingerprint density at radius 2 is 2.19 bits per heavy atom. The Labute approximate surface area is 102 Å². The van der Waals surface area contributed by atoms with Crippen LogP contribution >= 0.6 is 15.9 Å². The lowest BCUT2D eigenvalue weighted by atomic mass is 9.49. The molecule has 4 heteroatoms. The quantitative estimate of drug-likeness (QED) is 0.635. The van der Waals surface area contributed by atoms with E-state index in [0.717, 1.165) is 10.9 Å². The van der Waals surface area contributed by atoms with Crippen LogP contribution in [0.2, 0.25) is 0 Å². The zero-order valence-corrected chi connectivity index (χ0v) is 10.7. The van der Waals surface area contributed by atoms with Crippen LogP contribution < -0.4 is 0 Å². The SMILES string of the molecule is C[C@@]12COC[C@]13C=C(Br)[C@H](C2)[C@@]1(CO1)C3=O. The van der Waals surface area contributed by atoms with Crippen molar-refractivity contribution in [3.63, 3.8) is 0 Å². The van der Waals surface area contributed by atoms with Crippen LogP contribution in [-0.2, 0) is 14.3 Å². The highest BCUT2D eigenvalue weighted by Gasteiger charge is 2.76. The van der Waals surface area contributed by atoms with Gasteiger partial charge in [0.05, 0.1) is 25.2 Å². The van der Waals surface area contributed by atoms with E-state index in [1.165, 1.54) is 0 Å². The molecule has 0 aromatic carbocycles. The number of hydrogen-bond acceptors (Lipinski definition) is 3. The van der Waals surface area contributed by atoms with Gasteiger partial charge in [-0.25, -0.2) is 0 Å². The molecule has 5 aliphatic rings. The first-order chi connectivity index (χ1) is 7.54. The van der Waals surface area contributed by atoms with Crippen LogP contribution in [0.5, 0.6) is 0 Å². The Bertz CT molecular complexity index is 440. The molecule has 0 unspecified atom stereocenters. The van der Waals surface area contributed by atoms with E-state index < -0.39 is 11.0 Å². The molecule has 4 atom stereocenters. The second kappa shape index (κ2) is 2.47. The van der Waals surface area contributed by atoms with Crippen LogP contribution in [0.15, 0.2) is 10.6 Å². The fraction of sp³-hybridized carbons (Fsp3) is 0.750. The van der Waals surface area contributed by atoms with Gasteiger partial charge in [0, 0.05) is 11.3 Å². The summed E-state index contributed by atoms with van der Waals surface area (Å²) in [5, 5.41) is 0. The topological polar surface area (TPSA) is 38.8 Å². The van der Waals surface area contributed by atoms with E-state index in [1.54, 1.807) is 0 Å². The molecule has 1 saturated carbocycles. The molecule has 0 aromatic rings. The summed E-state index contributed by atoms with van der Waals surface area (Å²) < 4.78 is 12.3. The van der Waals surface area contributed by atoms with E-state index >= 15 is 0 Å². The van der Waals surface area contributed by atoms with Crippen molar-refractivity contribution in [2.75, 3.05) is 19.8 Å². The molecule has 2 bridgehead atoms. The molecule has 86 valence electrons. The van der Waals surface area contributed by atoms with Crippen molar-refractivity contribution < 1.29 is 14.3 Å². The van der Waals surface area contributed by atoms with Gasteiger partial charge in [-0.3, -0.25) is 4.79 Å². The van der Waals surface area contributed by atoms with Gasteiger partial charge in [-0.15, -0.1) is 0 Å². The lowest BCUT2D eigenvalue weighted by molar-refractivity contribution is -0.145. The summed E-state index contributed by atoms with van der Waals surface area (Å²) in [6.45, 7) is 3.99. The zero-order valence-electron chi connectivity index (χ0n) is 9.09. The number of ketones is 1. The van der Waals surface area contributed by atoms with Crippen molar-refractivity contribution in [2.45, 2.75) is 18.9 Å². The van der Waals surface area contributed by atoms with E-state index in [0.29, 0.717) is 19.8 Å². The van der Waals surface area contributed by atoms with Gasteiger partial charge in [0.1, 0.15) is 0 Å². The molecule has 2 saturated heterocycles.